The minimum atomic E-state index is -1.03. The zero-order valence-corrected chi connectivity index (χ0v) is 23.7. The highest BCUT2D eigenvalue weighted by Gasteiger charge is 2.15. The Labute approximate surface area is 252 Å². The number of nitrogens with zero attached hydrogens (tertiary/aromatic N) is 2. The van der Waals surface area contributed by atoms with Gasteiger partial charge < -0.3 is 21.3 Å². The van der Waals surface area contributed by atoms with Gasteiger partial charge in [-0.15, -0.1) is 0 Å². The van der Waals surface area contributed by atoms with E-state index >= 15 is 0 Å². The number of hydrogen-bond donors (Lipinski definition) is 4. The van der Waals surface area contributed by atoms with Gasteiger partial charge in [0.25, 0.3) is 0 Å². The normalized spacial score (nSPS) is 10.6. The molecule has 0 aliphatic carbocycles. The van der Waals surface area contributed by atoms with Crippen molar-refractivity contribution in [2.75, 3.05) is 11.1 Å². The maximum atomic E-state index is 11.7. The molecule has 0 fully saturated rings. The van der Waals surface area contributed by atoms with Crippen molar-refractivity contribution in [3.05, 3.63) is 120 Å². The molecule has 0 spiro atoms. The highest BCUT2D eigenvalue weighted by atomic mass is 16.4. The van der Waals surface area contributed by atoms with E-state index in [1.165, 1.54) is 0 Å². The molecule has 44 heavy (non-hydrogen) atoms. The number of rotatable bonds is 6. The van der Waals surface area contributed by atoms with Crippen molar-refractivity contribution in [2.24, 2.45) is 0 Å². The van der Waals surface area contributed by atoms with Crippen LogP contribution in [-0.2, 0) is 4.79 Å². The number of carbonyl (C=O) groups is 3. The van der Waals surface area contributed by atoms with Crippen LogP contribution >= 0.6 is 0 Å². The van der Waals surface area contributed by atoms with Crippen LogP contribution < -0.4 is 11.1 Å². The zero-order chi connectivity index (χ0) is 31.2. The first kappa shape index (κ1) is 29.4. The lowest BCUT2D eigenvalue weighted by molar-refractivity contribution is -0.115. The molecule has 0 saturated carbocycles. The van der Waals surface area contributed by atoms with Gasteiger partial charge in [0.1, 0.15) is 0 Å². The summed E-state index contributed by atoms with van der Waals surface area (Å²) in [5, 5.41) is 22.7. The van der Waals surface area contributed by atoms with Gasteiger partial charge in [-0.1, -0.05) is 67.6 Å². The number of nitrogen functional groups attached to an aromatic ring is 1. The van der Waals surface area contributed by atoms with E-state index in [4.69, 9.17) is 5.73 Å². The molecule has 5 N–H and O–H groups in total. The second kappa shape index (κ2) is 12.8. The number of benzene rings is 4. The summed E-state index contributed by atoms with van der Waals surface area (Å²) in [5.41, 5.74) is 11.3. The van der Waals surface area contributed by atoms with E-state index in [1.54, 1.807) is 55.5 Å². The summed E-state index contributed by atoms with van der Waals surface area (Å²) in [6.45, 7) is 1.76. The number of nitrogens with one attached hydrogen (secondary N) is 1. The zero-order valence-electron chi connectivity index (χ0n) is 23.7. The number of carboxylic acids is 2. The number of hydrogen-bond acceptors (Lipinski definition) is 6. The van der Waals surface area contributed by atoms with Crippen LogP contribution in [0, 0.1) is 0 Å². The Morgan fingerprint density at radius 3 is 1.61 bits per heavy atom. The lowest BCUT2D eigenvalue weighted by Gasteiger charge is -2.09. The second-order valence-electron chi connectivity index (χ2n) is 9.86. The van der Waals surface area contributed by atoms with Crippen LogP contribution in [0.15, 0.2) is 109 Å². The van der Waals surface area contributed by atoms with Crippen LogP contribution in [0.4, 0.5) is 11.4 Å². The Morgan fingerprint density at radius 1 is 0.659 bits per heavy atom. The van der Waals surface area contributed by atoms with Gasteiger partial charge in [-0.3, -0.25) is 4.79 Å². The van der Waals surface area contributed by atoms with Crippen LogP contribution in [0.5, 0.6) is 0 Å². The average molecular weight is 585 g/mol. The number of aromatic carboxylic acids is 2. The fraction of sp³-hybridized carbons (Fsp3) is 0.0571. The molecule has 9 heteroatoms. The van der Waals surface area contributed by atoms with Gasteiger partial charge >= 0.3 is 11.9 Å². The number of carbonyl (C=O) groups excluding carboxylic acids is 1. The molecule has 0 saturated heterocycles. The summed E-state index contributed by atoms with van der Waals surface area (Å²) in [6.07, 6.45) is 0.356. The predicted octanol–water partition coefficient (Wildman–Crippen LogP) is 7.13. The van der Waals surface area contributed by atoms with E-state index < -0.39 is 11.9 Å². The molecule has 6 rings (SSSR count). The summed E-state index contributed by atoms with van der Waals surface area (Å²) < 4.78 is 0. The van der Waals surface area contributed by atoms with Crippen LogP contribution in [0.2, 0.25) is 0 Å². The molecule has 0 bridgehead atoms. The summed E-state index contributed by atoms with van der Waals surface area (Å²) in [4.78, 5) is 43.7. The summed E-state index contributed by atoms with van der Waals surface area (Å²) in [6, 6.07) is 32.3. The summed E-state index contributed by atoms with van der Waals surface area (Å²) in [5.74, 6) is -2.14. The van der Waals surface area contributed by atoms with E-state index in [2.05, 4.69) is 15.3 Å². The van der Waals surface area contributed by atoms with Gasteiger partial charge in [-0.2, -0.15) is 0 Å². The van der Waals surface area contributed by atoms with Crippen molar-refractivity contribution >= 4 is 51.0 Å². The molecule has 6 aromatic rings. The Morgan fingerprint density at radius 2 is 1.14 bits per heavy atom. The average Bonchev–Trinajstić information content (AvgIpc) is 3.04. The molecule has 9 nitrogen and oxygen atoms in total. The van der Waals surface area contributed by atoms with Crippen molar-refractivity contribution in [2.45, 2.75) is 13.3 Å². The van der Waals surface area contributed by atoms with Crippen LogP contribution in [0.25, 0.3) is 44.3 Å². The van der Waals surface area contributed by atoms with E-state index in [0.717, 1.165) is 11.1 Å². The number of aromatic nitrogens is 2. The lowest BCUT2D eigenvalue weighted by Crippen LogP contribution is -2.09. The minimum absolute atomic E-state index is 0.125. The van der Waals surface area contributed by atoms with E-state index in [9.17, 15) is 24.6 Å². The van der Waals surface area contributed by atoms with Gasteiger partial charge in [0.15, 0.2) is 0 Å². The van der Waals surface area contributed by atoms with E-state index in [1.807, 2.05) is 60.7 Å². The molecular formula is C35H28N4O5. The largest absolute Gasteiger partial charge is 0.478 e. The molecule has 0 radical (unpaired) electrons. The second-order valence-corrected chi connectivity index (χ2v) is 9.86. The van der Waals surface area contributed by atoms with Crippen molar-refractivity contribution in [3.8, 4) is 22.5 Å². The maximum absolute atomic E-state index is 11.7. The van der Waals surface area contributed by atoms with Crippen LogP contribution in [-0.4, -0.2) is 38.0 Å². The fourth-order valence-corrected chi connectivity index (χ4v) is 4.66. The number of amides is 1. The summed E-state index contributed by atoms with van der Waals surface area (Å²) in [7, 11) is 0. The molecule has 0 aliphatic heterocycles. The molecule has 4 aromatic carbocycles. The number of fused-ring (bicyclic) bond motifs is 2. The predicted molar refractivity (Wildman–Crippen MR) is 172 cm³/mol. The Hall–Kier alpha value is -6.09. The van der Waals surface area contributed by atoms with Gasteiger partial charge in [0.05, 0.1) is 33.5 Å². The summed E-state index contributed by atoms with van der Waals surface area (Å²) >= 11 is 0. The standard InChI is InChI=1S/C19H16N2O3.C16H12N2O2/c1-2-18(22)20-13-8-9-16-14(10-13)15(19(23)24)11-17(21-16)12-6-4-3-5-7-12;17-11-6-7-14-12(8-11)13(16(19)20)9-15(18-14)10-4-2-1-3-5-10/h3-11H,2H2,1H3,(H,20,22)(H,23,24);1-9H,17H2,(H,19,20). The van der Waals surface area contributed by atoms with Gasteiger partial charge in [0.2, 0.25) is 5.91 Å². The third-order valence-corrected chi connectivity index (χ3v) is 6.85. The Bertz CT molecular complexity index is 2010. The maximum Gasteiger partial charge on any atom is 0.336 e. The molecule has 0 atom stereocenters. The number of nitrogens with two attached hydrogens (primary N) is 1. The smallest absolute Gasteiger partial charge is 0.336 e. The monoisotopic (exact) mass is 584 g/mol. The van der Waals surface area contributed by atoms with Crippen molar-refractivity contribution in [1.29, 1.82) is 0 Å². The molecule has 0 aliphatic rings. The molecule has 2 heterocycles. The van der Waals surface area contributed by atoms with Crippen molar-refractivity contribution in [3.63, 3.8) is 0 Å². The van der Waals surface area contributed by atoms with Crippen molar-refractivity contribution < 1.29 is 24.6 Å². The van der Waals surface area contributed by atoms with Gasteiger partial charge in [-0.05, 0) is 48.5 Å². The molecule has 1 amide bonds. The molecule has 0 unspecified atom stereocenters. The number of pyridine rings is 2. The highest BCUT2D eigenvalue weighted by Crippen LogP contribution is 2.28. The van der Waals surface area contributed by atoms with Gasteiger partial charge in [-0.25, -0.2) is 19.6 Å². The first-order valence-electron chi connectivity index (χ1n) is 13.8. The topological polar surface area (TPSA) is 156 Å². The minimum Gasteiger partial charge on any atom is -0.478 e. The highest BCUT2D eigenvalue weighted by molar-refractivity contribution is 6.06. The molecular weight excluding hydrogens is 556 g/mol. The SMILES string of the molecule is CCC(=O)Nc1ccc2nc(-c3ccccc3)cc(C(=O)O)c2c1.Nc1ccc2nc(-c3ccccc3)cc(C(=O)O)c2c1. The fourth-order valence-electron chi connectivity index (χ4n) is 4.66. The number of carboxylic acid groups (broad SMARTS) is 2. The third-order valence-electron chi connectivity index (χ3n) is 6.85. The molecule has 218 valence electrons. The quantitative estimate of drug-likeness (QED) is 0.151. The van der Waals surface area contributed by atoms with E-state index in [-0.39, 0.29) is 17.0 Å². The van der Waals surface area contributed by atoms with Crippen LogP contribution in [0.3, 0.4) is 0 Å². The third kappa shape index (κ3) is 6.52. The number of anilines is 2. The van der Waals surface area contributed by atoms with Crippen LogP contribution in [0.1, 0.15) is 34.1 Å². The Kier molecular flexibility index (Phi) is 8.57. The van der Waals surface area contributed by atoms with Crippen molar-refractivity contribution in [1.82, 2.24) is 9.97 Å². The first-order valence-corrected chi connectivity index (χ1v) is 13.8. The lowest BCUT2D eigenvalue weighted by atomic mass is 10.0. The molecule has 2 aromatic heterocycles. The Balaban J connectivity index is 0.000000177. The van der Waals surface area contributed by atoms with Gasteiger partial charge in [0, 0.05) is 39.7 Å². The van der Waals surface area contributed by atoms with E-state index in [0.29, 0.717) is 51.0 Å². The first-order chi connectivity index (χ1) is 21.2.